The van der Waals surface area contributed by atoms with Gasteiger partial charge in [0.2, 0.25) is 0 Å². The molecule has 1 aliphatic rings. The molecule has 26 heavy (non-hydrogen) atoms. The predicted molar refractivity (Wildman–Crippen MR) is 101 cm³/mol. The van der Waals surface area contributed by atoms with Gasteiger partial charge in [0.05, 0.1) is 22.3 Å². The highest BCUT2D eigenvalue weighted by Gasteiger charge is 2.22. The Morgan fingerprint density at radius 2 is 2.00 bits per heavy atom. The van der Waals surface area contributed by atoms with Crippen LogP contribution in [0.1, 0.15) is 40.4 Å². The summed E-state index contributed by atoms with van der Waals surface area (Å²) in [7, 11) is 0. The van der Waals surface area contributed by atoms with E-state index in [2.05, 4.69) is 11.4 Å². The Hall–Kier alpha value is -2.24. The lowest BCUT2D eigenvalue weighted by Crippen LogP contribution is -2.34. The van der Waals surface area contributed by atoms with E-state index in [9.17, 15) is 9.59 Å². The fourth-order valence-corrected chi connectivity index (χ4v) is 3.60. The molecule has 0 radical (unpaired) electrons. The normalized spacial score (nSPS) is 15.8. The average molecular weight is 393 g/mol. The lowest BCUT2D eigenvalue weighted by atomic mass is 9.88. The van der Waals surface area contributed by atoms with Crippen LogP contribution in [0.2, 0.25) is 10.0 Å². The van der Waals surface area contributed by atoms with Gasteiger partial charge >= 0.3 is 5.97 Å². The number of carbonyl (C=O) groups is 2. The van der Waals surface area contributed by atoms with Crippen molar-refractivity contribution < 1.29 is 14.3 Å². The number of esters is 1. The van der Waals surface area contributed by atoms with Crippen molar-refractivity contribution in [3.05, 3.63) is 63.1 Å². The SMILES string of the molecule is Nc1c(Cl)cc(Cl)cc1C(=O)OCC(=O)N[C@H]1CCCc2ccccc21. The van der Waals surface area contributed by atoms with Crippen molar-refractivity contribution >= 4 is 40.8 Å². The van der Waals surface area contributed by atoms with Crippen LogP contribution in [0.3, 0.4) is 0 Å². The maximum atomic E-state index is 12.2. The molecule has 0 unspecified atom stereocenters. The van der Waals surface area contributed by atoms with Crippen molar-refractivity contribution in [3.63, 3.8) is 0 Å². The highest BCUT2D eigenvalue weighted by atomic mass is 35.5. The lowest BCUT2D eigenvalue weighted by Gasteiger charge is -2.26. The van der Waals surface area contributed by atoms with Crippen molar-refractivity contribution in [1.82, 2.24) is 5.32 Å². The van der Waals surface area contributed by atoms with Gasteiger partial charge in [0.1, 0.15) is 0 Å². The summed E-state index contributed by atoms with van der Waals surface area (Å²) >= 11 is 11.8. The minimum absolute atomic E-state index is 0.0401. The van der Waals surface area contributed by atoms with Crippen molar-refractivity contribution in [3.8, 4) is 0 Å². The second-order valence-corrected chi connectivity index (χ2v) is 6.98. The van der Waals surface area contributed by atoms with E-state index in [1.807, 2.05) is 18.2 Å². The molecule has 3 N–H and O–H groups in total. The molecule has 0 aliphatic heterocycles. The standard InChI is InChI=1S/C19H18Cl2N2O3/c20-12-8-14(18(22)15(21)9-12)19(25)26-10-17(24)23-16-7-3-5-11-4-1-2-6-13(11)16/h1-2,4,6,8-9,16H,3,5,7,10,22H2,(H,23,24)/t16-/m0/s1. The highest BCUT2D eigenvalue weighted by molar-refractivity contribution is 6.37. The number of anilines is 1. The predicted octanol–water partition coefficient (Wildman–Crippen LogP) is 3.93. The number of halogens is 2. The number of fused-ring (bicyclic) bond motifs is 1. The van der Waals surface area contributed by atoms with E-state index < -0.39 is 12.6 Å². The summed E-state index contributed by atoms with van der Waals surface area (Å²) in [6.07, 6.45) is 2.86. The van der Waals surface area contributed by atoms with Gasteiger partial charge in [-0.3, -0.25) is 4.79 Å². The van der Waals surface area contributed by atoms with Crippen LogP contribution in [-0.4, -0.2) is 18.5 Å². The van der Waals surface area contributed by atoms with E-state index in [-0.39, 0.29) is 33.2 Å². The van der Waals surface area contributed by atoms with Crippen molar-refractivity contribution in [2.24, 2.45) is 0 Å². The molecule has 0 fully saturated rings. The summed E-state index contributed by atoms with van der Waals surface area (Å²) in [6, 6.07) is 10.7. The van der Waals surface area contributed by atoms with Crippen molar-refractivity contribution in [2.45, 2.75) is 25.3 Å². The molecule has 3 rings (SSSR count). The topological polar surface area (TPSA) is 81.4 Å². The number of rotatable bonds is 4. The molecule has 0 heterocycles. The molecule has 0 saturated carbocycles. The Morgan fingerprint density at radius 1 is 1.23 bits per heavy atom. The lowest BCUT2D eigenvalue weighted by molar-refractivity contribution is -0.125. The van der Waals surface area contributed by atoms with Gasteiger partial charge < -0.3 is 15.8 Å². The second-order valence-electron chi connectivity index (χ2n) is 6.14. The van der Waals surface area contributed by atoms with Gasteiger partial charge in [0.15, 0.2) is 6.61 Å². The summed E-state index contributed by atoms with van der Waals surface area (Å²) < 4.78 is 5.06. The Kier molecular flexibility index (Phi) is 5.69. The second kappa shape index (κ2) is 7.98. The van der Waals surface area contributed by atoms with E-state index in [0.717, 1.165) is 24.8 Å². The maximum Gasteiger partial charge on any atom is 0.340 e. The molecule has 0 aromatic heterocycles. The molecule has 0 spiro atoms. The zero-order chi connectivity index (χ0) is 18.7. The van der Waals surface area contributed by atoms with Crippen LogP contribution in [-0.2, 0) is 16.0 Å². The number of nitrogens with one attached hydrogen (secondary N) is 1. The number of aryl methyl sites for hydroxylation is 1. The van der Waals surface area contributed by atoms with Crippen LogP contribution >= 0.6 is 23.2 Å². The van der Waals surface area contributed by atoms with Crippen molar-refractivity contribution in [1.29, 1.82) is 0 Å². The fraction of sp³-hybridized carbons (Fsp3) is 0.263. The summed E-state index contributed by atoms with van der Waals surface area (Å²) in [5, 5.41) is 3.34. The summed E-state index contributed by atoms with van der Waals surface area (Å²) in [6.45, 7) is -0.402. The van der Waals surface area contributed by atoms with Crippen LogP contribution in [0.15, 0.2) is 36.4 Å². The van der Waals surface area contributed by atoms with E-state index in [1.165, 1.54) is 17.7 Å². The Morgan fingerprint density at radius 3 is 2.81 bits per heavy atom. The van der Waals surface area contributed by atoms with Crippen LogP contribution in [0.25, 0.3) is 0 Å². The number of ether oxygens (including phenoxy) is 1. The molecule has 0 saturated heterocycles. The summed E-state index contributed by atoms with van der Waals surface area (Å²) in [5.74, 6) is -1.11. The number of nitrogen functional groups attached to an aromatic ring is 1. The van der Waals surface area contributed by atoms with Gasteiger partial charge in [-0.05, 0) is 42.5 Å². The molecule has 2 aromatic carbocycles. The van der Waals surface area contributed by atoms with Crippen molar-refractivity contribution in [2.75, 3.05) is 12.3 Å². The minimum Gasteiger partial charge on any atom is -0.452 e. The number of benzene rings is 2. The van der Waals surface area contributed by atoms with Crippen LogP contribution < -0.4 is 11.1 Å². The summed E-state index contributed by atoms with van der Waals surface area (Å²) in [5.41, 5.74) is 8.23. The molecular weight excluding hydrogens is 375 g/mol. The smallest absolute Gasteiger partial charge is 0.340 e. The third-order valence-electron chi connectivity index (χ3n) is 4.35. The molecule has 2 aromatic rings. The zero-order valence-corrected chi connectivity index (χ0v) is 15.4. The van der Waals surface area contributed by atoms with Crippen LogP contribution in [0.5, 0.6) is 0 Å². The molecule has 1 atom stereocenters. The van der Waals surface area contributed by atoms with Gasteiger partial charge in [-0.1, -0.05) is 47.5 Å². The largest absolute Gasteiger partial charge is 0.452 e. The number of nitrogens with two attached hydrogens (primary N) is 1. The molecule has 1 aliphatic carbocycles. The minimum atomic E-state index is -0.744. The van der Waals surface area contributed by atoms with Gasteiger partial charge in [0, 0.05) is 5.02 Å². The summed E-state index contributed by atoms with van der Waals surface area (Å²) in [4.78, 5) is 24.4. The Labute approximate surface area is 161 Å². The Bertz CT molecular complexity index is 855. The molecule has 0 bridgehead atoms. The van der Waals surface area contributed by atoms with E-state index in [4.69, 9.17) is 33.7 Å². The molecular formula is C19H18Cl2N2O3. The van der Waals surface area contributed by atoms with Gasteiger partial charge in [-0.15, -0.1) is 0 Å². The first-order chi connectivity index (χ1) is 12.5. The maximum absolute atomic E-state index is 12.2. The highest BCUT2D eigenvalue weighted by Crippen LogP contribution is 2.30. The first kappa shape index (κ1) is 18.5. The Balaban J connectivity index is 1.61. The third kappa shape index (κ3) is 4.11. The molecule has 7 heteroatoms. The third-order valence-corrected chi connectivity index (χ3v) is 4.88. The molecule has 1 amide bonds. The van der Waals surface area contributed by atoms with Crippen LogP contribution in [0.4, 0.5) is 5.69 Å². The van der Waals surface area contributed by atoms with E-state index >= 15 is 0 Å². The zero-order valence-electron chi connectivity index (χ0n) is 13.9. The first-order valence-corrected chi connectivity index (χ1v) is 9.00. The van der Waals surface area contributed by atoms with Gasteiger partial charge in [0.25, 0.3) is 5.91 Å². The molecule has 5 nitrogen and oxygen atoms in total. The fourth-order valence-electron chi connectivity index (χ4n) is 3.10. The van der Waals surface area contributed by atoms with E-state index in [1.54, 1.807) is 0 Å². The van der Waals surface area contributed by atoms with Gasteiger partial charge in [-0.25, -0.2) is 4.79 Å². The van der Waals surface area contributed by atoms with E-state index in [0.29, 0.717) is 0 Å². The van der Waals surface area contributed by atoms with Crippen LogP contribution in [0, 0.1) is 0 Å². The van der Waals surface area contributed by atoms with Gasteiger partial charge in [-0.2, -0.15) is 0 Å². The number of hydrogen-bond acceptors (Lipinski definition) is 4. The quantitative estimate of drug-likeness (QED) is 0.609. The number of carbonyl (C=O) groups excluding carboxylic acids is 2. The molecule has 136 valence electrons. The number of hydrogen-bond donors (Lipinski definition) is 2. The number of amides is 1. The monoisotopic (exact) mass is 392 g/mol. The average Bonchev–Trinajstić information content (AvgIpc) is 2.63. The first-order valence-electron chi connectivity index (χ1n) is 8.24.